The van der Waals surface area contributed by atoms with Crippen LogP contribution in [0, 0.1) is 6.92 Å². The van der Waals surface area contributed by atoms with Crippen molar-refractivity contribution < 1.29 is 14.7 Å². The number of rotatable bonds is 8. The average Bonchev–Trinajstić information content (AvgIpc) is 3.60. The van der Waals surface area contributed by atoms with Crippen molar-refractivity contribution in [2.75, 3.05) is 6.54 Å². The molecule has 3 aromatic rings. The fraction of sp³-hybridized carbons (Fsp3) is 0.516. The summed E-state index contributed by atoms with van der Waals surface area (Å²) < 4.78 is 2.46. The van der Waals surface area contributed by atoms with Crippen LogP contribution in [0.15, 0.2) is 54.6 Å². The lowest BCUT2D eigenvalue weighted by molar-refractivity contribution is -0.128. The molecule has 2 amide bonds. The highest BCUT2D eigenvalue weighted by atomic mass is 16.4. The summed E-state index contributed by atoms with van der Waals surface area (Å²) in [5, 5.41) is 15.3. The minimum Gasteiger partial charge on any atom is -0.465 e. The van der Waals surface area contributed by atoms with Gasteiger partial charge in [-0.15, -0.1) is 0 Å². The number of para-hydroxylation sites is 2. The van der Waals surface area contributed by atoms with Crippen molar-refractivity contribution in [1.29, 1.82) is 0 Å². The molecule has 2 saturated heterocycles. The summed E-state index contributed by atoms with van der Waals surface area (Å²) in [4.78, 5) is 32.6. The summed E-state index contributed by atoms with van der Waals surface area (Å²) >= 11 is 0. The van der Waals surface area contributed by atoms with Crippen molar-refractivity contribution in [3.8, 4) is 0 Å². The normalized spacial score (nSPS) is 25.0. The standard InChI is InChI=1S/C31H39N5O3/c1-21-32-27-11-5-6-12-28(27)36(21)25-19-23-13-14-24(20-25)35(23)18-15-26(22-9-3-2-4-10-22)33-29(37)31(34-30(38)39)16-7-8-17-31/h2-6,9-12,23-26,34H,7-8,13-20H2,1H3,(H,33,37)(H,38,39)/t23?,24?,25?,26-/m0/s1. The van der Waals surface area contributed by atoms with Crippen LogP contribution in [0.1, 0.15) is 81.3 Å². The number of nitrogens with zero attached hydrogens (tertiary/aromatic N) is 3. The van der Waals surface area contributed by atoms with Crippen LogP contribution in [-0.4, -0.2) is 55.7 Å². The maximum atomic E-state index is 13.5. The molecule has 2 bridgehead atoms. The van der Waals surface area contributed by atoms with E-state index in [-0.39, 0.29) is 11.9 Å². The lowest BCUT2D eigenvalue weighted by Gasteiger charge is -2.40. The molecule has 3 heterocycles. The van der Waals surface area contributed by atoms with Gasteiger partial charge in [0.25, 0.3) is 0 Å². The zero-order valence-corrected chi connectivity index (χ0v) is 22.7. The number of aryl methyl sites for hydroxylation is 1. The van der Waals surface area contributed by atoms with Crippen LogP contribution in [0.2, 0.25) is 0 Å². The second-order valence-electron chi connectivity index (χ2n) is 11.7. The SMILES string of the molecule is Cc1nc2ccccc2n1C1CC2CCC(C1)N2CC[C@H](NC(=O)C1(NC(=O)O)CCCC1)c1ccccc1. The van der Waals surface area contributed by atoms with Crippen LogP contribution < -0.4 is 10.6 Å². The first-order valence-electron chi connectivity index (χ1n) is 14.5. The largest absolute Gasteiger partial charge is 0.465 e. The predicted molar refractivity (Wildman–Crippen MR) is 151 cm³/mol. The Hall–Kier alpha value is -3.39. The van der Waals surface area contributed by atoms with E-state index in [0.29, 0.717) is 31.0 Å². The molecule has 39 heavy (non-hydrogen) atoms. The first-order chi connectivity index (χ1) is 18.9. The molecule has 206 valence electrons. The van der Waals surface area contributed by atoms with E-state index in [1.54, 1.807) is 0 Å². The van der Waals surface area contributed by atoms with Crippen LogP contribution in [0.4, 0.5) is 4.79 Å². The third-order valence-corrected chi connectivity index (χ3v) is 9.42. The summed E-state index contributed by atoms with van der Waals surface area (Å²) in [7, 11) is 0. The molecule has 0 spiro atoms. The summed E-state index contributed by atoms with van der Waals surface area (Å²) in [6.45, 7) is 3.03. The summed E-state index contributed by atoms with van der Waals surface area (Å²) in [5.41, 5.74) is 2.35. The number of aromatic nitrogens is 2. The highest BCUT2D eigenvalue weighted by molar-refractivity contribution is 5.90. The molecule has 1 aliphatic carbocycles. The first kappa shape index (κ1) is 25.9. The van der Waals surface area contributed by atoms with Crippen LogP contribution in [0.3, 0.4) is 0 Å². The topological polar surface area (TPSA) is 99.5 Å². The molecule has 2 unspecified atom stereocenters. The molecule has 1 saturated carbocycles. The minimum absolute atomic E-state index is 0.163. The number of carbonyl (C=O) groups is 2. The van der Waals surface area contributed by atoms with E-state index in [4.69, 9.17) is 4.98 Å². The molecule has 3 fully saturated rings. The van der Waals surface area contributed by atoms with Crippen LogP contribution >= 0.6 is 0 Å². The van der Waals surface area contributed by atoms with Crippen molar-refractivity contribution in [2.24, 2.45) is 0 Å². The first-order valence-corrected chi connectivity index (χ1v) is 14.5. The van der Waals surface area contributed by atoms with Crippen molar-refractivity contribution in [1.82, 2.24) is 25.1 Å². The van der Waals surface area contributed by atoms with Crippen molar-refractivity contribution in [2.45, 2.75) is 94.4 Å². The Balaban J connectivity index is 1.16. The number of hydrogen-bond donors (Lipinski definition) is 3. The van der Waals surface area contributed by atoms with Gasteiger partial charge in [-0.25, -0.2) is 9.78 Å². The lowest BCUT2D eigenvalue weighted by atomic mass is 9.93. The van der Waals surface area contributed by atoms with Gasteiger partial charge in [0.1, 0.15) is 11.4 Å². The highest BCUT2D eigenvalue weighted by Gasteiger charge is 2.44. The van der Waals surface area contributed by atoms with Gasteiger partial charge >= 0.3 is 6.09 Å². The maximum Gasteiger partial charge on any atom is 0.405 e. The Bertz CT molecular complexity index is 1320. The Kier molecular flexibility index (Phi) is 7.06. The van der Waals surface area contributed by atoms with E-state index in [1.165, 1.54) is 18.4 Å². The maximum absolute atomic E-state index is 13.5. The van der Waals surface area contributed by atoms with E-state index in [9.17, 15) is 14.7 Å². The number of nitrogens with one attached hydrogen (secondary N) is 2. The van der Waals surface area contributed by atoms with Crippen molar-refractivity contribution in [3.05, 3.63) is 66.0 Å². The molecule has 3 N–H and O–H groups in total. The van der Waals surface area contributed by atoms with Crippen LogP contribution in [0.25, 0.3) is 11.0 Å². The highest BCUT2D eigenvalue weighted by Crippen LogP contribution is 2.43. The fourth-order valence-electron chi connectivity index (χ4n) is 7.62. The van der Waals surface area contributed by atoms with Gasteiger partial charge in [0.2, 0.25) is 5.91 Å². The molecule has 0 radical (unpaired) electrons. The van der Waals surface area contributed by atoms with Gasteiger partial charge in [0.15, 0.2) is 0 Å². The van der Waals surface area contributed by atoms with Gasteiger partial charge in [-0.1, -0.05) is 55.3 Å². The van der Waals surface area contributed by atoms with E-state index >= 15 is 0 Å². The smallest absolute Gasteiger partial charge is 0.405 e. The number of piperidine rings is 1. The molecule has 1 aromatic heterocycles. The third-order valence-electron chi connectivity index (χ3n) is 9.42. The Labute approximate surface area is 229 Å². The Morgan fingerprint density at radius 1 is 1.00 bits per heavy atom. The zero-order chi connectivity index (χ0) is 27.0. The second kappa shape index (κ2) is 10.6. The fourth-order valence-corrected chi connectivity index (χ4v) is 7.62. The van der Waals surface area contributed by atoms with Gasteiger partial charge in [0, 0.05) is 24.7 Å². The van der Waals surface area contributed by atoms with E-state index in [2.05, 4.69) is 63.4 Å². The van der Waals surface area contributed by atoms with Crippen LogP contribution in [0.5, 0.6) is 0 Å². The Morgan fingerprint density at radius 3 is 2.36 bits per heavy atom. The van der Waals surface area contributed by atoms with Crippen LogP contribution in [-0.2, 0) is 4.79 Å². The quantitative estimate of drug-likeness (QED) is 0.366. The number of carboxylic acid groups (broad SMARTS) is 1. The van der Waals surface area contributed by atoms with Gasteiger partial charge < -0.3 is 20.3 Å². The number of amides is 2. The van der Waals surface area contributed by atoms with E-state index < -0.39 is 11.6 Å². The van der Waals surface area contributed by atoms with E-state index in [1.807, 2.05) is 18.2 Å². The molecular formula is C31H39N5O3. The lowest BCUT2D eigenvalue weighted by Crippen LogP contribution is -2.57. The predicted octanol–water partition coefficient (Wildman–Crippen LogP) is 5.34. The molecule has 3 atom stereocenters. The van der Waals surface area contributed by atoms with Gasteiger partial charge in [-0.3, -0.25) is 9.69 Å². The number of benzene rings is 2. The Morgan fingerprint density at radius 2 is 1.67 bits per heavy atom. The summed E-state index contributed by atoms with van der Waals surface area (Å²) in [6, 6.07) is 19.9. The van der Waals surface area contributed by atoms with E-state index in [0.717, 1.165) is 55.6 Å². The minimum atomic E-state index is -1.14. The molecular weight excluding hydrogens is 490 g/mol. The number of imidazole rings is 1. The summed E-state index contributed by atoms with van der Waals surface area (Å²) in [6.07, 6.45) is 7.12. The third kappa shape index (κ3) is 5.02. The van der Waals surface area contributed by atoms with Crippen molar-refractivity contribution in [3.63, 3.8) is 0 Å². The van der Waals surface area contributed by atoms with Gasteiger partial charge in [-0.2, -0.15) is 0 Å². The van der Waals surface area contributed by atoms with Gasteiger partial charge in [-0.05, 0) is 69.6 Å². The van der Waals surface area contributed by atoms with Crippen molar-refractivity contribution >= 4 is 23.0 Å². The molecule has 6 rings (SSSR count). The molecule has 2 aromatic carbocycles. The molecule has 3 aliphatic rings. The molecule has 8 nitrogen and oxygen atoms in total. The number of fused-ring (bicyclic) bond motifs is 3. The summed E-state index contributed by atoms with van der Waals surface area (Å²) in [5.74, 6) is 0.900. The monoisotopic (exact) mass is 529 g/mol. The second-order valence-corrected chi connectivity index (χ2v) is 11.7. The average molecular weight is 530 g/mol. The van der Waals surface area contributed by atoms with Gasteiger partial charge in [0.05, 0.1) is 17.1 Å². The number of carbonyl (C=O) groups excluding carboxylic acids is 1. The zero-order valence-electron chi connectivity index (χ0n) is 22.7. The molecule has 8 heteroatoms. The molecule has 2 aliphatic heterocycles. The number of hydrogen-bond acceptors (Lipinski definition) is 4.